The number of hydrogen-bond acceptors (Lipinski definition) is 3. The highest BCUT2D eigenvalue weighted by Gasteiger charge is 2.44. The first kappa shape index (κ1) is 8.73. The van der Waals surface area contributed by atoms with E-state index in [1.54, 1.807) is 0 Å². The molecule has 1 heterocycles. The van der Waals surface area contributed by atoms with E-state index in [9.17, 15) is 9.59 Å². The molecule has 3 heteroatoms. The van der Waals surface area contributed by atoms with Crippen molar-refractivity contribution in [2.24, 2.45) is 11.8 Å². The Morgan fingerprint density at radius 1 is 1.38 bits per heavy atom. The summed E-state index contributed by atoms with van der Waals surface area (Å²) in [6.07, 6.45) is 5.43. The van der Waals surface area contributed by atoms with Crippen LogP contribution in [0.1, 0.15) is 32.1 Å². The van der Waals surface area contributed by atoms with E-state index in [1.165, 1.54) is 6.42 Å². The molecule has 2 rings (SSSR count). The molecule has 72 valence electrons. The quantitative estimate of drug-likeness (QED) is 0.477. The van der Waals surface area contributed by atoms with Crippen LogP contribution in [0.3, 0.4) is 0 Å². The van der Waals surface area contributed by atoms with E-state index in [0.717, 1.165) is 25.5 Å². The predicted molar refractivity (Wildman–Crippen MR) is 46.0 cm³/mol. The molecular formula is C10H14O3. The Balaban J connectivity index is 2.07. The van der Waals surface area contributed by atoms with Crippen LogP contribution in [0, 0.1) is 11.8 Å². The van der Waals surface area contributed by atoms with Crippen LogP contribution in [0.15, 0.2) is 0 Å². The summed E-state index contributed by atoms with van der Waals surface area (Å²) in [5.41, 5.74) is 0. The van der Waals surface area contributed by atoms with Crippen LogP contribution in [0.2, 0.25) is 0 Å². The number of esters is 1. The summed E-state index contributed by atoms with van der Waals surface area (Å²) >= 11 is 0. The van der Waals surface area contributed by atoms with Crippen LogP contribution in [-0.4, -0.2) is 18.4 Å². The van der Waals surface area contributed by atoms with Gasteiger partial charge in [-0.2, -0.15) is 0 Å². The maximum atomic E-state index is 11.4. The van der Waals surface area contributed by atoms with Crippen LogP contribution >= 0.6 is 0 Å². The largest absolute Gasteiger partial charge is 0.461 e. The topological polar surface area (TPSA) is 43.4 Å². The van der Waals surface area contributed by atoms with Crippen molar-refractivity contribution in [1.82, 2.24) is 0 Å². The first-order chi connectivity index (χ1) is 6.33. The van der Waals surface area contributed by atoms with Gasteiger partial charge in [-0.1, -0.05) is 12.8 Å². The fourth-order valence-electron chi connectivity index (χ4n) is 2.54. The normalized spacial score (nSPS) is 38.2. The molecule has 2 fully saturated rings. The van der Waals surface area contributed by atoms with E-state index in [4.69, 9.17) is 4.74 Å². The van der Waals surface area contributed by atoms with Crippen molar-refractivity contribution < 1.29 is 14.3 Å². The number of ether oxygens (including phenoxy) is 1. The lowest BCUT2D eigenvalue weighted by Gasteiger charge is -2.23. The number of aldehydes is 1. The second-order valence-corrected chi connectivity index (χ2v) is 3.93. The molecule has 3 atom stereocenters. The predicted octanol–water partition coefficient (Wildman–Crippen LogP) is 1.31. The molecule has 1 saturated heterocycles. The zero-order valence-electron chi connectivity index (χ0n) is 7.57. The second-order valence-electron chi connectivity index (χ2n) is 3.93. The fourth-order valence-corrected chi connectivity index (χ4v) is 2.54. The molecule has 13 heavy (non-hydrogen) atoms. The molecule has 0 amide bonds. The Hall–Kier alpha value is -0.860. The molecule has 2 aliphatic rings. The molecule has 0 aromatic rings. The minimum absolute atomic E-state index is 0.0726. The van der Waals surface area contributed by atoms with Crippen molar-refractivity contribution in [3.63, 3.8) is 0 Å². The molecule has 0 spiro atoms. The summed E-state index contributed by atoms with van der Waals surface area (Å²) in [7, 11) is 0. The molecule has 0 N–H and O–H groups in total. The Bertz CT molecular complexity index is 224. The average Bonchev–Trinajstić information content (AvgIpc) is 2.46. The van der Waals surface area contributed by atoms with Crippen LogP contribution in [0.5, 0.6) is 0 Å². The first-order valence-corrected chi connectivity index (χ1v) is 4.97. The highest BCUT2D eigenvalue weighted by Crippen LogP contribution is 2.40. The molecule has 1 aliphatic carbocycles. The maximum Gasteiger partial charge on any atom is 0.309 e. The third-order valence-electron chi connectivity index (χ3n) is 3.20. The highest BCUT2D eigenvalue weighted by molar-refractivity contribution is 5.76. The summed E-state index contributed by atoms with van der Waals surface area (Å²) < 4.78 is 5.18. The van der Waals surface area contributed by atoms with Crippen LogP contribution in [-0.2, 0) is 14.3 Å². The number of rotatable bonds is 2. The summed E-state index contributed by atoms with van der Waals surface area (Å²) in [5.74, 6) is 0.349. The minimum atomic E-state index is -0.115. The van der Waals surface area contributed by atoms with Gasteiger partial charge in [-0.3, -0.25) is 4.79 Å². The molecule has 1 saturated carbocycles. The molecule has 3 unspecified atom stereocenters. The van der Waals surface area contributed by atoms with Gasteiger partial charge in [0.2, 0.25) is 0 Å². The van der Waals surface area contributed by atoms with Gasteiger partial charge in [-0.25, -0.2) is 0 Å². The van der Waals surface area contributed by atoms with Gasteiger partial charge in [0.05, 0.1) is 5.92 Å². The Kier molecular flexibility index (Phi) is 2.34. The average molecular weight is 182 g/mol. The summed E-state index contributed by atoms with van der Waals surface area (Å²) in [6, 6.07) is 0. The summed E-state index contributed by atoms with van der Waals surface area (Å²) in [6.45, 7) is 0. The van der Waals surface area contributed by atoms with Crippen LogP contribution in [0.25, 0.3) is 0 Å². The molecule has 0 aromatic heterocycles. The van der Waals surface area contributed by atoms with Gasteiger partial charge >= 0.3 is 5.97 Å². The lowest BCUT2D eigenvalue weighted by Crippen LogP contribution is -2.24. The fraction of sp³-hybridized carbons (Fsp3) is 0.800. The standard InChI is InChI=1S/C10H14O3/c11-6-5-9-7-3-1-2-4-8(7)10(12)13-9/h6-9H,1-5H2. The van der Waals surface area contributed by atoms with Crippen molar-refractivity contribution >= 4 is 12.3 Å². The maximum absolute atomic E-state index is 11.4. The van der Waals surface area contributed by atoms with E-state index in [2.05, 4.69) is 0 Å². The number of carbonyl (C=O) groups excluding carboxylic acids is 2. The van der Waals surface area contributed by atoms with E-state index in [-0.39, 0.29) is 18.0 Å². The number of cyclic esters (lactones) is 1. The third-order valence-corrected chi connectivity index (χ3v) is 3.20. The minimum Gasteiger partial charge on any atom is -0.461 e. The second kappa shape index (κ2) is 3.48. The van der Waals surface area contributed by atoms with E-state index >= 15 is 0 Å². The Morgan fingerprint density at radius 2 is 2.15 bits per heavy atom. The lowest BCUT2D eigenvalue weighted by atomic mass is 9.78. The van der Waals surface area contributed by atoms with Gasteiger partial charge in [-0.05, 0) is 12.8 Å². The molecular weight excluding hydrogens is 168 g/mol. The molecule has 1 aliphatic heterocycles. The van der Waals surface area contributed by atoms with E-state index < -0.39 is 0 Å². The van der Waals surface area contributed by atoms with Crippen molar-refractivity contribution in [2.75, 3.05) is 0 Å². The van der Waals surface area contributed by atoms with Crippen molar-refractivity contribution in [1.29, 1.82) is 0 Å². The summed E-state index contributed by atoms with van der Waals surface area (Å²) in [4.78, 5) is 21.7. The Morgan fingerprint density at radius 3 is 2.92 bits per heavy atom. The van der Waals surface area contributed by atoms with Gasteiger partial charge in [0.1, 0.15) is 12.4 Å². The van der Waals surface area contributed by atoms with Crippen LogP contribution in [0.4, 0.5) is 0 Å². The van der Waals surface area contributed by atoms with Crippen molar-refractivity contribution in [2.45, 2.75) is 38.2 Å². The number of hydrogen-bond donors (Lipinski definition) is 0. The zero-order chi connectivity index (χ0) is 9.26. The molecule has 0 aromatic carbocycles. The number of carbonyl (C=O) groups is 2. The zero-order valence-corrected chi connectivity index (χ0v) is 7.57. The monoisotopic (exact) mass is 182 g/mol. The van der Waals surface area contributed by atoms with Gasteiger partial charge in [-0.15, -0.1) is 0 Å². The Labute approximate surface area is 77.4 Å². The lowest BCUT2D eigenvalue weighted by molar-refractivity contribution is -0.144. The van der Waals surface area contributed by atoms with E-state index in [0.29, 0.717) is 12.3 Å². The molecule has 0 radical (unpaired) electrons. The smallest absolute Gasteiger partial charge is 0.309 e. The van der Waals surface area contributed by atoms with Crippen molar-refractivity contribution in [3.8, 4) is 0 Å². The summed E-state index contributed by atoms with van der Waals surface area (Å²) in [5, 5.41) is 0. The first-order valence-electron chi connectivity index (χ1n) is 4.97. The SMILES string of the molecule is O=CCC1OC(=O)C2CCCCC12. The van der Waals surface area contributed by atoms with Gasteiger partial charge in [0, 0.05) is 12.3 Å². The van der Waals surface area contributed by atoms with Crippen molar-refractivity contribution in [3.05, 3.63) is 0 Å². The van der Waals surface area contributed by atoms with Gasteiger partial charge in [0.15, 0.2) is 0 Å². The van der Waals surface area contributed by atoms with Gasteiger partial charge in [0.25, 0.3) is 0 Å². The van der Waals surface area contributed by atoms with Crippen LogP contribution < -0.4 is 0 Å². The number of fused-ring (bicyclic) bond motifs is 1. The van der Waals surface area contributed by atoms with Gasteiger partial charge < -0.3 is 9.53 Å². The van der Waals surface area contributed by atoms with E-state index in [1.807, 2.05) is 0 Å². The molecule has 3 nitrogen and oxygen atoms in total. The highest BCUT2D eigenvalue weighted by atomic mass is 16.6. The molecule has 0 bridgehead atoms. The third kappa shape index (κ3) is 1.47.